The van der Waals surface area contributed by atoms with E-state index in [1.807, 2.05) is 108 Å². The van der Waals surface area contributed by atoms with E-state index in [0.29, 0.717) is 67.3 Å². The van der Waals surface area contributed by atoms with Crippen molar-refractivity contribution in [2.24, 2.45) is 7.05 Å². The largest absolute Gasteiger partial charge is 0.435 e. The molecule has 1 atom stereocenters. The van der Waals surface area contributed by atoms with Gasteiger partial charge >= 0.3 is 6.61 Å². The molecular weight excluding hydrogens is 674 g/mol. The van der Waals surface area contributed by atoms with Gasteiger partial charge in [-0.15, -0.1) is 0 Å². The minimum atomic E-state index is -3.06. The molecule has 7 rings (SSSR count). The highest BCUT2D eigenvalue weighted by molar-refractivity contribution is 6.08. The van der Waals surface area contributed by atoms with Crippen LogP contribution in [-0.4, -0.2) is 71.7 Å². The van der Waals surface area contributed by atoms with Crippen LogP contribution in [0.5, 0.6) is 5.75 Å². The normalized spacial score (nSPS) is 16.0. The summed E-state index contributed by atoms with van der Waals surface area (Å²) in [5, 5.41) is 0. The van der Waals surface area contributed by atoms with E-state index >= 15 is 0 Å². The lowest BCUT2D eigenvalue weighted by molar-refractivity contribution is -0.0503. The Morgan fingerprint density at radius 1 is 0.868 bits per heavy atom. The fourth-order valence-corrected chi connectivity index (χ4v) is 7.50. The van der Waals surface area contributed by atoms with Gasteiger partial charge in [0.25, 0.3) is 11.8 Å². The molecule has 1 saturated heterocycles. The van der Waals surface area contributed by atoms with Gasteiger partial charge in [-0.05, 0) is 72.9 Å². The number of fused-ring (bicyclic) bond motifs is 1. The molecule has 8 nitrogen and oxygen atoms in total. The molecule has 0 bridgehead atoms. The lowest BCUT2D eigenvalue weighted by atomic mass is 9.91. The van der Waals surface area contributed by atoms with Crippen LogP contribution in [-0.2, 0) is 31.3 Å². The smallest absolute Gasteiger partial charge is 0.387 e. The van der Waals surface area contributed by atoms with E-state index < -0.39 is 6.61 Å². The Bertz CT molecular complexity index is 2080. The SMILES string of the molecule is Cc1cc(-c2cc(C(=O)N(Cc3ccccc3)c3ccccc3)c(C)n2C)c(C(=O)N2Cc3ccccc3CC2CN2CCOCC2)cc1OC(F)F. The van der Waals surface area contributed by atoms with Gasteiger partial charge in [0.1, 0.15) is 5.75 Å². The maximum Gasteiger partial charge on any atom is 0.387 e. The van der Waals surface area contributed by atoms with E-state index in [1.165, 1.54) is 11.6 Å². The average molecular weight is 719 g/mol. The number of benzene rings is 4. The summed E-state index contributed by atoms with van der Waals surface area (Å²) < 4.78 is 39.9. The van der Waals surface area contributed by atoms with Crippen molar-refractivity contribution in [1.29, 1.82) is 0 Å². The fraction of sp³-hybridized carbons (Fsp3) is 0.302. The zero-order valence-corrected chi connectivity index (χ0v) is 30.3. The van der Waals surface area contributed by atoms with E-state index in [-0.39, 0.29) is 29.2 Å². The molecule has 0 saturated carbocycles. The number of carbonyl (C=O) groups is 2. The monoisotopic (exact) mass is 718 g/mol. The molecule has 0 aliphatic carbocycles. The van der Waals surface area contributed by atoms with Crippen LogP contribution in [0.1, 0.15) is 48.7 Å². The lowest BCUT2D eigenvalue weighted by Crippen LogP contribution is -2.52. The van der Waals surface area contributed by atoms with Crippen molar-refractivity contribution in [3.63, 3.8) is 0 Å². The second-order valence-electron chi connectivity index (χ2n) is 13.8. The van der Waals surface area contributed by atoms with Gasteiger partial charge < -0.3 is 23.8 Å². The lowest BCUT2D eigenvalue weighted by Gasteiger charge is -2.40. The molecule has 53 heavy (non-hydrogen) atoms. The van der Waals surface area contributed by atoms with Crippen LogP contribution in [0.25, 0.3) is 11.3 Å². The van der Waals surface area contributed by atoms with Gasteiger partial charge in [0, 0.05) is 61.9 Å². The number of nitrogens with zero attached hydrogens (tertiary/aromatic N) is 4. The third-order valence-corrected chi connectivity index (χ3v) is 10.5. The summed E-state index contributed by atoms with van der Waals surface area (Å²) in [6, 6.07) is 32.3. The van der Waals surface area contributed by atoms with Crippen LogP contribution < -0.4 is 9.64 Å². The molecule has 0 radical (unpaired) electrons. The van der Waals surface area contributed by atoms with Gasteiger partial charge in [0.2, 0.25) is 0 Å². The summed E-state index contributed by atoms with van der Waals surface area (Å²) in [4.78, 5) is 35.5. The number of alkyl halides is 2. The van der Waals surface area contributed by atoms with Crippen molar-refractivity contribution in [2.45, 2.75) is 46.0 Å². The molecule has 0 spiro atoms. The minimum absolute atomic E-state index is 0.0606. The van der Waals surface area contributed by atoms with E-state index in [4.69, 9.17) is 9.47 Å². The van der Waals surface area contributed by atoms with Crippen LogP contribution in [0.4, 0.5) is 14.5 Å². The quantitative estimate of drug-likeness (QED) is 0.149. The first-order chi connectivity index (χ1) is 25.7. The molecule has 10 heteroatoms. The van der Waals surface area contributed by atoms with Crippen LogP contribution in [0.3, 0.4) is 0 Å². The number of hydrogen-bond acceptors (Lipinski definition) is 5. The van der Waals surface area contributed by atoms with E-state index in [9.17, 15) is 18.4 Å². The second kappa shape index (κ2) is 15.7. The number of amides is 2. The number of para-hydroxylation sites is 1. The molecule has 274 valence electrons. The van der Waals surface area contributed by atoms with Gasteiger partial charge in [-0.25, -0.2) is 0 Å². The molecule has 5 aromatic rings. The Balaban J connectivity index is 1.31. The van der Waals surface area contributed by atoms with Crippen LogP contribution in [0.2, 0.25) is 0 Å². The van der Waals surface area contributed by atoms with Crippen LogP contribution >= 0.6 is 0 Å². The zero-order valence-electron chi connectivity index (χ0n) is 30.3. The van der Waals surface area contributed by atoms with Crippen molar-refractivity contribution in [1.82, 2.24) is 14.4 Å². The van der Waals surface area contributed by atoms with Gasteiger partial charge in [0.15, 0.2) is 0 Å². The van der Waals surface area contributed by atoms with Crippen LogP contribution in [0.15, 0.2) is 103 Å². The molecule has 1 fully saturated rings. The van der Waals surface area contributed by atoms with Crippen molar-refractivity contribution in [2.75, 3.05) is 37.7 Å². The number of anilines is 1. The van der Waals surface area contributed by atoms with Crippen LogP contribution in [0, 0.1) is 13.8 Å². The Kier molecular flexibility index (Phi) is 10.7. The van der Waals surface area contributed by atoms with Gasteiger partial charge in [-0.2, -0.15) is 8.78 Å². The third-order valence-electron chi connectivity index (χ3n) is 10.5. The standard InChI is InChI=1S/C43H44F2N4O4/c1-29-22-37(39-24-36(30(2)46(39)3)41(50)48(34-16-8-5-9-17-34)26-31-12-6-4-7-13-31)38(25-40(29)53-43(44)45)42(51)49-27-33-15-11-10-14-32(33)23-35(49)28-47-18-20-52-21-19-47/h4-17,22,24-25,35,43H,18-21,23,26-28H2,1-3H3. The summed E-state index contributed by atoms with van der Waals surface area (Å²) in [5.74, 6) is -0.539. The molecule has 2 aliphatic heterocycles. The predicted molar refractivity (Wildman–Crippen MR) is 201 cm³/mol. The highest BCUT2D eigenvalue weighted by Crippen LogP contribution is 2.37. The molecule has 1 aromatic heterocycles. The average Bonchev–Trinajstić information content (AvgIpc) is 3.47. The van der Waals surface area contributed by atoms with Gasteiger partial charge in [-0.1, -0.05) is 72.8 Å². The maximum absolute atomic E-state index is 15.0. The number of aryl methyl sites for hydroxylation is 1. The Hall–Kier alpha value is -5.32. The molecular formula is C43H44F2N4O4. The number of carbonyl (C=O) groups excluding carboxylic acids is 2. The van der Waals surface area contributed by atoms with Crippen molar-refractivity contribution in [3.8, 4) is 17.0 Å². The number of morpholine rings is 1. The maximum atomic E-state index is 15.0. The summed E-state index contributed by atoms with van der Waals surface area (Å²) in [6.45, 7) is 4.71. The molecule has 1 unspecified atom stereocenters. The minimum Gasteiger partial charge on any atom is -0.435 e. The number of aromatic nitrogens is 1. The Labute approximate surface area is 309 Å². The first-order valence-corrected chi connectivity index (χ1v) is 18.0. The molecule has 2 aliphatic rings. The van der Waals surface area contributed by atoms with Gasteiger partial charge in [0.05, 0.1) is 30.9 Å². The molecule has 2 amide bonds. The van der Waals surface area contributed by atoms with Gasteiger partial charge in [-0.3, -0.25) is 14.5 Å². The molecule has 4 aromatic carbocycles. The summed E-state index contributed by atoms with van der Waals surface area (Å²) in [7, 11) is 1.86. The Morgan fingerprint density at radius 3 is 2.23 bits per heavy atom. The predicted octanol–water partition coefficient (Wildman–Crippen LogP) is 7.66. The summed E-state index contributed by atoms with van der Waals surface area (Å²) in [5.41, 5.74) is 7.01. The number of hydrogen-bond donors (Lipinski definition) is 0. The second-order valence-corrected chi connectivity index (χ2v) is 13.8. The number of rotatable bonds is 10. The van der Waals surface area contributed by atoms with Crippen molar-refractivity contribution < 1.29 is 27.8 Å². The van der Waals surface area contributed by atoms with Crippen molar-refractivity contribution >= 4 is 17.5 Å². The van der Waals surface area contributed by atoms with E-state index in [1.54, 1.807) is 17.9 Å². The highest BCUT2D eigenvalue weighted by Gasteiger charge is 2.34. The third kappa shape index (κ3) is 7.75. The molecule has 3 heterocycles. The van der Waals surface area contributed by atoms with E-state index in [0.717, 1.165) is 29.9 Å². The fourth-order valence-electron chi connectivity index (χ4n) is 7.50. The topological polar surface area (TPSA) is 67.3 Å². The van der Waals surface area contributed by atoms with Crippen molar-refractivity contribution in [3.05, 3.63) is 142 Å². The Morgan fingerprint density at radius 2 is 1.53 bits per heavy atom. The zero-order chi connectivity index (χ0) is 37.1. The number of ether oxygens (including phenoxy) is 2. The first-order valence-electron chi connectivity index (χ1n) is 18.0. The first kappa shape index (κ1) is 36.1. The summed E-state index contributed by atoms with van der Waals surface area (Å²) in [6.07, 6.45) is 0.666. The van der Waals surface area contributed by atoms with E-state index in [2.05, 4.69) is 11.0 Å². The highest BCUT2D eigenvalue weighted by atomic mass is 19.3. The summed E-state index contributed by atoms with van der Waals surface area (Å²) >= 11 is 0. The molecule has 0 N–H and O–H groups in total. The number of halogens is 2.